The molecule has 0 saturated carbocycles. The van der Waals surface area contributed by atoms with Crippen molar-refractivity contribution in [3.05, 3.63) is 93.2 Å². The molecule has 1 heterocycles. The van der Waals surface area contributed by atoms with Crippen molar-refractivity contribution in [1.29, 1.82) is 0 Å². The van der Waals surface area contributed by atoms with Crippen LogP contribution in [0.5, 0.6) is 5.75 Å². The van der Waals surface area contributed by atoms with Crippen molar-refractivity contribution in [3.63, 3.8) is 0 Å². The summed E-state index contributed by atoms with van der Waals surface area (Å²) in [5.41, 5.74) is 3.03. The summed E-state index contributed by atoms with van der Waals surface area (Å²) in [7, 11) is 0. The van der Waals surface area contributed by atoms with Gasteiger partial charge in [0.2, 0.25) is 0 Å². The first kappa shape index (κ1) is 25.8. The first-order valence-electron chi connectivity index (χ1n) is 11.1. The lowest BCUT2D eigenvalue weighted by Gasteiger charge is -2.26. The van der Waals surface area contributed by atoms with Gasteiger partial charge in [0.15, 0.2) is 6.61 Å². The number of imide groups is 2. The molecule has 0 aromatic heterocycles. The van der Waals surface area contributed by atoms with Gasteiger partial charge < -0.3 is 10.1 Å². The maximum Gasteiger partial charge on any atom is 0.335 e. The van der Waals surface area contributed by atoms with Crippen LogP contribution in [-0.2, 0) is 14.4 Å². The summed E-state index contributed by atoms with van der Waals surface area (Å²) in [6, 6.07) is 14.2. The molecule has 0 aliphatic carbocycles. The largest absolute Gasteiger partial charge is 0.483 e. The zero-order valence-corrected chi connectivity index (χ0v) is 21.4. The SMILES string of the molecule is Cc1cccc(NC(=O)COc2ccc(/C=C3\C(=O)NC(=O)N(c4ccc(F)cc4)C3=O)cc2Br)c1C. The summed E-state index contributed by atoms with van der Waals surface area (Å²) in [4.78, 5) is 50.7. The van der Waals surface area contributed by atoms with Crippen molar-refractivity contribution >= 4 is 57.1 Å². The first-order chi connectivity index (χ1) is 17.6. The molecule has 1 aliphatic rings. The van der Waals surface area contributed by atoms with Crippen LogP contribution in [0.1, 0.15) is 16.7 Å². The zero-order chi connectivity index (χ0) is 26.7. The van der Waals surface area contributed by atoms with Crippen LogP contribution in [0.15, 0.2) is 70.7 Å². The van der Waals surface area contributed by atoms with E-state index in [0.29, 0.717) is 21.5 Å². The Balaban J connectivity index is 1.47. The molecule has 3 aromatic rings. The number of benzene rings is 3. The average Bonchev–Trinajstić information content (AvgIpc) is 2.85. The number of rotatable bonds is 6. The van der Waals surface area contributed by atoms with E-state index < -0.39 is 23.7 Å². The molecule has 5 amide bonds. The number of nitrogens with one attached hydrogen (secondary N) is 2. The fourth-order valence-corrected chi connectivity index (χ4v) is 4.10. The van der Waals surface area contributed by atoms with Gasteiger partial charge in [-0.3, -0.25) is 19.7 Å². The van der Waals surface area contributed by atoms with E-state index in [1.54, 1.807) is 18.2 Å². The molecule has 1 fully saturated rings. The van der Waals surface area contributed by atoms with Crippen molar-refractivity contribution in [2.75, 3.05) is 16.8 Å². The smallest absolute Gasteiger partial charge is 0.335 e. The molecule has 2 N–H and O–H groups in total. The second-order valence-corrected chi connectivity index (χ2v) is 9.06. The van der Waals surface area contributed by atoms with Crippen molar-refractivity contribution in [2.24, 2.45) is 0 Å². The monoisotopic (exact) mass is 565 g/mol. The third kappa shape index (κ3) is 5.75. The number of carbonyl (C=O) groups is 4. The highest BCUT2D eigenvalue weighted by Crippen LogP contribution is 2.28. The number of halogens is 2. The second-order valence-electron chi connectivity index (χ2n) is 8.21. The third-order valence-corrected chi connectivity index (χ3v) is 6.31. The number of urea groups is 1. The maximum atomic E-state index is 13.3. The standard InChI is InChI=1S/C27H21BrFN3O5/c1-15-4-3-5-22(16(15)2)30-24(33)14-37-23-11-6-17(13-21(23)28)12-20-25(34)31-27(36)32(26(20)35)19-9-7-18(29)8-10-19/h3-13H,14H2,1-2H3,(H,30,33)(H,31,34,36)/b20-12+. The van der Waals surface area contributed by atoms with Crippen LogP contribution < -0.4 is 20.3 Å². The molecule has 10 heteroatoms. The fraction of sp³-hybridized carbons (Fsp3) is 0.111. The summed E-state index contributed by atoms with van der Waals surface area (Å²) in [6.45, 7) is 3.64. The van der Waals surface area contributed by atoms with E-state index in [2.05, 4.69) is 26.6 Å². The molecule has 1 saturated heterocycles. The predicted molar refractivity (Wildman–Crippen MR) is 140 cm³/mol. The molecule has 3 aromatic carbocycles. The second kappa shape index (κ2) is 10.8. The summed E-state index contributed by atoms with van der Waals surface area (Å²) >= 11 is 3.37. The van der Waals surface area contributed by atoms with Gasteiger partial charge in [0, 0.05) is 5.69 Å². The van der Waals surface area contributed by atoms with Gasteiger partial charge in [0.25, 0.3) is 17.7 Å². The molecular weight excluding hydrogens is 545 g/mol. The Morgan fingerprint density at radius 1 is 1.08 bits per heavy atom. The van der Waals surface area contributed by atoms with Gasteiger partial charge in [-0.15, -0.1) is 0 Å². The van der Waals surface area contributed by atoms with Crippen LogP contribution in [0.3, 0.4) is 0 Å². The van der Waals surface area contributed by atoms with Crippen LogP contribution in [0.25, 0.3) is 6.08 Å². The number of hydrogen-bond acceptors (Lipinski definition) is 5. The molecule has 0 unspecified atom stereocenters. The molecule has 0 bridgehead atoms. The molecular formula is C27H21BrFN3O5. The molecule has 4 rings (SSSR count). The number of carbonyl (C=O) groups excluding carboxylic acids is 4. The lowest BCUT2D eigenvalue weighted by Crippen LogP contribution is -2.54. The first-order valence-corrected chi connectivity index (χ1v) is 11.9. The van der Waals surface area contributed by atoms with Gasteiger partial charge in [0.1, 0.15) is 17.1 Å². The minimum absolute atomic E-state index is 0.117. The van der Waals surface area contributed by atoms with E-state index in [4.69, 9.17) is 4.74 Å². The lowest BCUT2D eigenvalue weighted by atomic mass is 10.1. The molecule has 1 aliphatic heterocycles. The zero-order valence-electron chi connectivity index (χ0n) is 19.8. The average molecular weight is 566 g/mol. The quantitative estimate of drug-likeness (QED) is 0.327. The molecule has 188 valence electrons. The Kier molecular flexibility index (Phi) is 7.49. The van der Waals surface area contributed by atoms with Gasteiger partial charge >= 0.3 is 6.03 Å². The normalized spacial score (nSPS) is 14.5. The molecule has 8 nitrogen and oxygen atoms in total. The van der Waals surface area contributed by atoms with Gasteiger partial charge in [-0.2, -0.15) is 0 Å². The number of aryl methyl sites for hydroxylation is 1. The third-order valence-electron chi connectivity index (χ3n) is 5.69. The van der Waals surface area contributed by atoms with Gasteiger partial charge in [-0.1, -0.05) is 18.2 Å². The van der Waals surface area contributed by atoms with Crippen molar-refractivity contribution in [3.8, 4) is 5.75 Å². The van der Waals surface area contributed by atoms with E-state index >= 15 is 0 Å². The highest BCUT2D eigenvalue weighted by Gasteiger charge is 2.36. The van der Waals surface area contributed by atoms with E-state index in [1.807, 2.05) is 32.0 Å². The van der Waals surface area contributed by atoms with E-state index in [9.17, 15) is 23.6 Å². The van der Waals surface area contributed by atoms with Crippen molar-refractivity contribution in [2.45, 2.75) is 13.8 Å². The summed E-state index contributed by atoms with van der Waals surface area (Å²) < 4.78 is 19.4. The highest BCUT2D eigenvalue weighted by atomic mass is 79.9. The van der Waals surface area contributed by atoms with Crippen molar-refractivity contribution in [1.82, 2.24) is 5.32 Å². The van der Waals surface area contributed by atoms with Gasteiger partial charge in [0.05, 0.1) is 10.2 Å². The number of nitrogens with zero attached hydrogens (tertiary/aromatic N) is 1. The van der Waals surface area contributed by atoms with Crippen LogP contribution in [0, 0.1) is 19.7 Å². The Labute approximate surface area is 220 Å². The fourth-order valence-electron chi connectivity index (χ4n) is 3.59. The predicted octanol–water partition coefficient (Wildman–Crippen LogP) is 4.89. The van der Waals surface area contributed by atoms with Gasteiger partial charge in [-0.25, -0.2) is 14.1 Å². The molecule has 0 atom stereocenters. The molecule has 0 spiro atoms. The van der Waals surface area contributed by atoms with Gasteiger partial charge in [-0.05, 0) is 95.0 Å². The lowest BCUT2D eigenvalue weighted by molar-refractivity contribution is -0.122. The minimum Gasteiger partial charge on any atom is -0.483 e. The van der Waals surface area contributed by atoms with Crippen LogP contribution in [0.2, 0.25) is 0 Å². The Morgan fingerprint density at radius 3 is 2.51 bits per heavy atom. The van der Waals surface area contributed by atoms with Crippen molar-refractivity contribution < 1.29 is 28.3 Å². The van der Waals surface area contributed by atoms with Crippen LogP contribution in [-0.4, -0.2) is 30.4 Å². The number of ether oxygens (including phenoxy) is 1. The summed E-state index contributed by atoms with van der Waals surface area (Å²) in [6.07, 6.45) is 1.32. The highest BCUT2D eigenvalue weighted by molar-refractivity contribution is 9.10. The maximum absolute atomic E-state index is 13.3. The summed E-state index contributed by atoms with van der Waals surface area (Å²) in [5, 5.41) is 4.93. The number of barbiturate groups is 1. The Hall–Kier alpha value is -4.31. The molecule has 37 heavy (non-hydrogen) atoms. The van der Waals surface area contributed by atoms with E-state index in [0.717, 1.165) is 28.2 Å². The molecule has 0 radical (unpaired) electrons. The van der Waals surface area contributed by atoms with Crippen LogP contribution >= 0.6 is 15.9 Å². The Morgan fingerprint density at radius 2 is 1.81 bits per heavy atom. The van der Waals surface area contributed by atoms with Crippen LogP contribution in [0.4, 0.5) is 20.6 Å². The number of anilines is 2. The topological polar surface area (TPSA) is 105 Å². The van der Waals surface area contributed by atoms with E-state index in [1.165, 1.54) is 18.2 Å². The minimum atomic E-state index is -0.928. The summed E-state index contributed by atoms with van der Waals surface area (Å²) in [5.74, 6) is -2.19. The number of amides is 5. The van der Waals surface area contributed by atoms with E-state index in [-0.39, 0.29) is 23.8 Å². The number of hydrogen-bond donors (Lipinski definition) is 2. The Bertz CT molecular complexity index is 1450.